The Labute approximate surface area is 130 Å². The van der Waals surface area contributed by atoms with Gasteiger partial charge in [0.25, 0.3) is 0 Å². The molecule has 0 unspecified atom stereocenters. The molecule has 0 aliphatic heterocycles. The Morgan fingerprint density at radius 3 is 2.42 bits per heavy atom. The van der Waals surface area contributed by atoms with Gasteiger partial charge in [0.2, 0.25) is 0 Å². The Morgan fingerprint density at radius 1 is 1.11 bits per heavy atom. The van der Waals surface area contributed by atoms with Gasteiger partial charge in [-0.3, -0.25) is 0 Å². The maximum atomic E-state index is 9.50. The van der Waals surface area contributed by atoms with Crippen LogP contribution in [0.25, 0.3) is 0 Å². The van der Waals surface area contributed by atoms with Crippen molar-refractivity contribution in [1.82, 2.24) is 0 Å². The number of aliphatic hydroxyl groups is 1. The zero-order chi connectivity index (χ0) is 14.0. The van der Waals surface area contributed by atoms with Gasteiger partial charge in [0.1, 0.15) is 11.5 Å². The maximum absolute atomic E-state index is 9.50. The van der Waals surface area contributed by atoms with Crippen LogP contribution in [0.2, 0.25) is 10.0 Å². The summed E-state index contributed by atoms with van der Waals surface area (Å²) in [6.07, 6.45) is -0.518. The summed E-state index contributed by atoms with van der Waals surface area (Å²) >= 11 is 15.2. The van der Waals surface area contributed by atoms with E-state index in [2.05, 4.69) is 15.9 Å². The molecule has 2 aromatic rings. The molecule has 5 heteroatoms. The molecular formula is C14H11BrCl2O2. The van der Waals surface area contributed by atoms with E-state index < -0.39 is 6.10 Å². The van der Waals surface area contributed by atoms with E-state index in [9.17, 15) is 5.11 Å². The van der Waals surface area contributed by atoms with E-state index >= 15 is 0 Å². The molecule has 0 saturated heterocycles. The minimum atomic E-state index is -0.518. The van der Waals surface area contributed by atoms with Gasteiger partial charge in [-0.05, 0) is 52.7 Å². The molecule has 0 radical (unpaired) electrons. The molecule has 0 aliphatic carbocycles. The second-order valence-electron chi connectivity index (χ2n) is 4.04. The van der Waals surface area contributed by atoms with Crippen molar-refractivity contribution < 1.29 is 9.84 Å². The van der Waals surface area contributed by atoms with Crippen molar-refractivity contribution in [3.05, 3.63) is 56.5 Å². The molecule has 0 saturated carbocycles. The van der Waals surface area contributed by atoms with Crippen LogP contribution in [0.5, 0.6) is 11.5 Å². The second-order valence-corrected chi connectivity index (χ2v) is 5.71. The maximum Gasteiger partial charge on any atom is 0.141 e. The smallest absolute Gasteiger partial charge is 0.141 e. The molecule has 0 fully saturated rings. The third kappa shape index (κ3) is 3.63. The van der Waals surface area contributed by atoms with Gasteiger partial charge in [0.05, 0.1) is 20.6 Å². The molecular weight excluding hydrogens is 351 g/mol. The van der Waals surface area contributed by atoms with Gasteiger partial charge in [-0.2, -0.15) is 0 Å². The Hall–Kier alpha value is -0.740. The predicted molar refractivity (Wildman–Crippen MR) is 81.3 cm³/mol. The van der Waals surface area contributed by atoms with Crippen molar-refractivity contribution in [2.75, 3.05) is 0 Å². The highest BCUT2D eigenvalue weighted by atomic mass is 79.9. The number of hydrogen-bond acceptors (Lipinski definition) is 2. The molecule has 0 aliphatic rings. The SMILES string of the molecule is C[C@H](O)c1ccc(Oc2ccc(Cl)c(Cl)c2)c(Br)c1. The number of hydrogen-bond donors (Lipinski definition) is 1. The molecule has 0 aromatic heterocycles. The van der Waals surface area contributed by atoms with E-state index in [4.69, 9.17) is 27.9 Å². The lowest BCUT2D eigenvalue weighted by atomic mass is 10.1. The lowest BCUT2D eigenvalue weighted by Gasteiger charge is -2.11. The normalized spacial score (nSPS) is 12.3. The molecule has 0 spiro atoms. The van der Waals surface area contributed by atoms with Crippen molar-refractivity contribution in [2.24, 2.45) is 0 Å². The fraction of sp³-hybridized carbons (Fsp3) is 0.143. The number of halogens is 3. The first-order chi connectivity index (χ1) is 8.97. The van der Waals surface area contributed by atoms with E-state index in [1.165, 1.54) is 0 Å². The Bertz CT molecular complexity index is 600. The Kier molecular flexibility index (Phi) is 4.74. The Morgan fingerprint density at radius 2 is 1.84 bits per heavy atom. The molecule has 1 atom stereocenters. The minimum absolute atomic E-state index is 0.441. The summed E-state index contributed by atoms with van der Waals surface area (Å²) in [4.78, 5) is 0. The molecule has 1 N–H and O–H groups in total. The highest BCUT2D eigenvalue weighted by molar-refractivity contribution is 9.10. The number of rotatable bonds is 3. The van der Waals surface area contributed by atoms with Crippen molar-refractivity contribution in [3.8, 4) is 11.5 Å². The largest absolute Gasteiger partial charge is 0.456 e. The summed E-state index contributed by atoms with van der Waals surface area (Å²) in [6, 6.07) is 10.5. The van der Waals surface area contributed by atoms with Crippen molar-refractivity contribution >= 4 is 39.1 Å². The fourth-order valence-electron chi connectivity index (χ4n) is 1.53. The highest BCUT2D eigenvalue weighted by Crippen LogP contribution is 2.34. The van der Waals surface area contributed by atoms with Crippen molar-refractivity contribution in [1.29, 1.82) is 0 Å². The Balaban J connectivity index is 2.25. The van der Waals surface area contributed by atoms with Crippen LogP contribution >= 0.6 is 39.1 Å². The summed E-state index contributed by atoms with van der Waals surface area (Å²) < 4.78 is 6.47. The van der Waals surface area contributed by atoms with Crippen molar-refractivity contribution in [3.63, 3.8) is 0 Å². The summed E-state index contributed by atoms with van der Waals surface area (Å²) in [5.41, 5.74) is 0.813. The zero-order valence-electron chi connectivity index (χ0n) is 10.0. The van der Waals surface area contributed by atoms with Gasteiger partial charge in [-0.1, -0.05) is 29.3 Å². The third-order valence-electron chi connectivity index (χ3n) is 2.56. The van der Waals surface area contributed by atoms with Crippen LogP contribution in [-0.4, -0.2) is 5.11 Å². The van der Waals surface area contributed by atoms with Crippen LogP contribution in [-0.2, 0) is 0 Å². The number of ether oxygens (including phenoxy) is 1. The quantitative estimate of drug-likeness (QED) is 0.770. The highest BCUT2D eigenvalue weighted by Gasteiger charge is 2.08. The standard InChI is InChI=1S/C14H11BrCl2O2/c1-8(18)9-2-5-14(11(15)6-9)19-10-3-4-12(16)13(17)7-10/h2-8,18H,1H3/t8-/m0/s1. The molecule has 0 amide bonds. The van der Waals surface area contributed by atoms with Gasteiger partial charge in [-0.25, -0.2) is 0 Å². The van der Waals surface area contributed by atoms with Gasteiger partial charge < -0.3 is 9.84 Å². The predicted octanol–water partition coefficient (Wildman–Crippen LogP) is 5.60. The van der Waals surface area contributed by atoms with E-state index in [-0.39, 0.29) is 0 Å². The topological polar surface area (TPSA) is 29.5 Å². The van der Waals surface area contributed by atoms with Gasteiger partial charge >= 0.3 is 0 Å². The summed E-state index contributed by atoms with van der Waals surface area (Å²) in [6.45, 7) is 1.71. The van der Waals surface area contributed by atoms with E-state index in [1.807, 2.05) is 12.1 Å². The first kappa shape index (κ1) is 14.7. The molecule has 2 nitrogen and oxygen atoms in total. The molecule has 2 rings (SSSR count). The fourth-order valence-corrected chi connectivity index (χ4v) is 2.29. The zero-order valence-corrected chi connectivity index (χ0v) is 13.1. The van der Waals surface area contributed by atoms with Crippen LogP contribution in [0, 0.1) is 0 Å². The molecule has 19 heavy (non-hydrogen) atoms. The van der Waals surface area contributed by atoms with Gasteiger partial charge in [0.15, 0.2) is 0 Å². The van der Waals surface area contributed by atoms with Crippen LogP contribution < -0.4 is 4.74 Å². The lowest BCUT2D eigenvalue weighted by Crippen LogP contribution is -1.92. The van der Waals surface area contributed by atoms with E-state index in [0.717, 1.165) is 10.0 Å². The third-order valence-corrected chi connectivity index (χ3v) is 3.92. The summed E-state index contributed by atoms with van der Waals surface area (Å²) in [7, 11) is 0. The number of benzene rings is 2. The molecule has 100 valence electrons. The summed E-state index contributed by atoms with van der Waals surface area (Å²) in [5, 5.41) is 10.4. The second kappa shape index (κ2) is 6.14. The first-order valence-corrected chi connectivity index (χ1v) is 7.12. The van der Waals surface area contributed by atoms with Crippen LogP contribution in [0.4, 0.5) is 0 Å². The number of aliphatic hydroxyl groups excluding tert-OH is 1. The van der Waals surface area contributed by atoms with Crippen LogP contribution in [0.15, 0.2) is 40.9 Å². The average Bonchev–Trinajstić information content (AvgIpc) is 2.36. The van der Waals surface area contributed by atoms with Gasteiger partial charge in [0, 0.05) is 6.07 Å². The average molecular weight is 362 g/mol. The van der Waals surface area contributed by atoms with E-state index in [0.29, 0.717) is 21.5 Å². The lowest BCUT2D eigenvalue weighted by molar-refractivity contribution is 0.199. The van der Waals surface area contributed by atoms with Crippen molar-refractivity contribution in [2.45, 2.75) is 13.0 Å². The van der Waals surface area contributed by atoms with Gasteiger partial charge in [-0.15, -0.1) is 0 Å². The van der Waals surface area contributed by atoms with E-state index in [1.54, 1.807) is 31.2 Å². The first-order valence-electron chi connectivity index (χ1n) is 5.58. The molecule has 0 bridgehead atoms. The van der Waals surface area contributed by atoms with Crippen LogP contribution in [0.1, 0.15) is 18.6 Å². The van der Waals surface area contributed by atoms with Crippen LogP contribution in [0.3, 0.4) is 0 Å². The summed E-state index contributed by atoms with van der Waals surface area (Å²) in [5.74, 6) is 1.24. The minimum Gasteiger partial charge on any atom is -0.456 e. The molecule has 0 heterocycles. The molecule has 2 aromatic carbocycles. The monoisotopic (exact) mass is 360 g/mol.